The third-order valence-electron chi connectivity index (χ3n) is 7.06. The van der Waals surface area contributed by atoms with Crippen molar-refractivity contribution in [2.45, 2.75) is 69.4 Å². The third-order valence-corrected chi connectivity index (χ3v) is 7.06. The molecule has 1 aromatic carbocycles. The number of carbonyl (C=O) groups is 1. The van der Waals surface area contributed by atoms with Gasteiger partial charge >= 0.3 is 0 Å². The molecule has 3 fully saturated rings. The highest BCUT2D eigenvalue weighted by Gasteiger charge is 2.48. The van der Waals surface area contributed by atoms with Crippen LogP contribution in [0.2, 0.25) is 0 Å². The summed E-state index contributed by atoms with van der Waals surface area (Å²) in [6.07, 6.45) is 7.91. The fourth-order valence-electron chi connectivity index (χ4n) is 5.39. The molecule has 1 aliphatic heterocycles. The van der Waals surface area contributed by atoms with Crippen LogP contribution < -0.4 is 0 Å². The molecule has 2 saturated carbocycles. The molecule has 4 nitrogen and oxygen atoms in total. The lowest BCUT2D eigenvalue weighted by atomic mass is 9.75. The zero-order valence-corrected chi connectivity index (χ0v) is 16.4. The number of hydrogen-bond donors (Lipinski definition) is 0. The fraction of sp³-hybridized carbons (Fsp3) is 0.652. The maximum atomic E-state index is 12.3. The first kappa shape index (κ1) is 18.5. The smallest absolute Gasteiger partial charge is 0.219 e. The monoisotopic (exact) mass is 365 g/mol. The van der Waals surface area contributed by atoms with Crippen molar-refractivity contribution in [3.8, 4) is 6.07 Å². The Morgan fingerprint density at radius 2 is 1.93 bits per heavy atom. The number of rotatable bonds is 6. The van der Waals surface area contributed by atoms with Crippen molar-refractivity contribution in [3.05, 3.63) is 35.9 Å². The largest absolute Gasteiger partial charge is 0.339 e. The molecule has 1 heterocycles. The van der Waals surface area contributed by atoms with Gasteiger partial charge in [0, 0.05) is 50.0 Å². The second kappa shape index (κ2) is 7.64. The van der Waals surface area contributed by atoms with Crippen LogP contribution in [0.4, 0.5) is 0 Å². The Hall–Kier alpha value is -1.86. The molecule has 2 aliphatic carbocycles. The summed E-state index contributed by atoms with van der Waals surface area (Å²) in [5.74, 6) is 1.28. The Bertz CT molecular complexity index is 698. The zero-order valence-electron chi connectivity index (χ0n) is 16.4. The minimum atomic E-state index is 0.122. The van der Waals surface area contributed by atoms with Gasteiger partial charge in [-0.25, -0.2) is 0 Å². The van der Waals surface area contributed by atoms with Gasteiger partial charge in [0.15, 0.2) is 0 Å². The minimum Gasteiger partial charge on any atom is -0.339 e. The van der Waals surface area contributed by atoms with E-state index in [0.717, 1.165) is 26.1 Å². The molecule has 27 heavy (non-hydrogen) atoms. The first-order chi connectivity index (χ1) is 13.1. The number of carbonyl (C=O) groups excluding carboxylic acids is 1. The minimum absolute atomic E-state index is 0.122. The van der Waals surface area contributed by atoms with Crippen LogP contribution in [0.3, 0.4) is 0 Å². The molecular formula is C23H31N3O. The van der Waals surface area contributed by atoms with Crippen molar-refractivity contribution in [1.29, 1.82) is 5.26 Å². The van der Waals surface area contributed by atoms with E-state index in [4.69, 9.17) is 0 Å². The second-order valence-corrected chi connectivity index (χ2v) is 8.88. The highest BCUT2D eigenvalue weighted by Crippen LogP contribution is 2.46. The van der Waals surface area contributed by atoms with E-state index >= 15 is 0 Å². The molecule has 1 saturated heterocycles. The van der Waals surface area contributed by atoms with Crippen LogP contribution in [0.5, 0.6) is 0 Å². The summed E-state index contributed by atoms with van der Waals surface area (Å²) in [6, 6.07) is 13.4. The highest BCUT2D eigenvalue weighted by atomic mass is 16.2. The number of nitrogens with zero attached hydrogens (tertiary/aromatic N) is 3. The van der Waals surface area contributed by atoms with Crippen molar-refractivity contribution >= 4 is 5.91 Å². The average Bonchev–Trinajstić information content (AvgIpc) is 3.42. The van der Waals surface area contributed by atoms with Crippen molar-refractivity contribution in [2.75, 3.05) is 19.6 Å². The van der Waals surface area contributed by atoms with E-state index in [1.54, 1.807) is 6.92 Å². The van der Waals surface area contributed by atoms with Gasteiger partial charge in [0.25, 0.3) is 0 Å². The summed E-state index contributed by atoms with van der Waals surface area (Å²) >= 11 is 0. The molecule has 0 bridgehead atoms. The Kier molecular flexibility index (Phi) is 5.23. The fourth-order valence-corrected chi connectivity index (χ4v) is 5.39. The molecule has 2 atom stereocenters. The molecule has 0 spiro atoms. The summed E-state index contributed by atoms with van der Waals surface area (Å²) in [6.45, 7) is 4.69. The van der Waals surface area contributed by atoms with E-state index < -0.39 is 0 Å². The van der Waals surface area contributed by atoms with E-state index in [1.807, 2.05) is 0 Å². The van der Waals surface area contributed by atoms with Crippen molar-refractivity contribution in [3.63, 3.8) is 0 Å². The third kappa shape index (κ3) is 3.75. The number of likely N-dealkylation sites (tertiary alicyclic amines) is 1. The van der Waals surface area contributed by atoms with Gasteiger partial charge in [0.1, 0.15) is 0 Å². The van der Waals surface area contributed by atoms with Crippen LogP contribution in [0.1, 0.15) is 63.4 Å². The maximum absolute atomic E-state index is 12.3. The van der Waals surface area contributed by atoms with E-state index in [2.05, 4.69) is 46.2 Å². The normalized spacial score (nSPS) is 27.4. The molecule has 4 rings (SSSR count). The Labute approximate surface area is 163 Å². The lowest BCUT2D eigenvalue weighted by Crippen LogP contribution is -2.62. The highest BCUT2D eigenvalue weighted by molar-refractivity contribution is 5.74. The molecule has 0 aromatic heterocycles. The molecule has 1 aromatic rings. The van der Waals surface area contributed by atoms with Gasteiger partial charge in [-0.1, -0.05) is 49.6 Å². The van der Waals surface area contributed by atoms with E-state index in [-0.39, 0.29) is 11.4 Å². The van der Waals surface area contributed by atoms with Crippen molar-refractivity contribution in [2.24, 2.45) is 5.92 Å². The lowest BCUT2D eigenvalue weighted by Gasteiger charge is -2.54. The van der Waals surface area contributed by atoms with Crippen LogP contribution in [-0.2, 0) is 4.79 Å². The van der Waals surface area contributed by atoms with Crippen LogP contribution in [0, 0.1) is 17.2 Å². The predicted molar refractivity (Wildman–Crippen MR) is 106 cm³/mol. The summed E-state index contributed by atoms with van der Waals surface area (Å²) < 4.78 is 0. The van der Waals surface area contributed by atoms with Crippen molar-refractivity contribution in [1.82, 2.24) is 9.80 Å². The van der Waals surface area contributed by atoms with Crippen LogP contribution >= 0.6 is 0 Å². The van der Waals surface area contributed by atoms with Crippen LogP contribution in [0.25, 0.3) is 0 Å². The average molecular weight is 366 g/mol. The maximum Gasteiger partial charge on any atom is 0.219 e. The van der Waals surface area contributed by atoms with Crippen molar-refractivity contribution < 1.29 is 4.79 Å². The first-order valence-electron chi connectivity index (χ1n) is 10.6. The van der Waals surface area contributed by atoms with Crippen LogP contribution in [0.15, 0.2) is 30.3 Å². The lowest BCUT2D eigenvalue weighted by molar-refractivity contribution is -0.132. The molecule has 2 unspecified atom stereocenters. The predicted octanol–water partition coefficient (Wildman–Crippen LogP) is 3.94. The van der Waals surface area contributed by atoms with Gasteiger partial charge in [-0.3, -0.25) is 9.69 Å². The quantitative estimate of drug-likeness (QED) is 0.767. The Morgan fingerprint density at radius 1 is 1.22 bits per heavy atom. The summed E-state index contributed by atoms with van der Waals surface area (Å²) in [4.78, 5) is 17.0. The number of benzene rings is 1. The van der Waals surface area contributed by atoms with Gasteiger partial charge in [-0.05, 0) is 24.8 Å². The summed E-state index contributed by atoms with van der Waals surface area (Å²) in [7, 11) is 0. The zero-order chi connectivity index (χ0) is 18.9. The molecule has 0 radical (unpaired) electrons. The van der Waals surface area contributed by atoms with Gasteiger partial charge < -0.3 is 4.90 Å². The van der Waals surface area contributed by atoms with Gasteiger partial charge in [-0.2, -0.15) is 5.26 Å². The Balaban J connectivity index is 1.34. The number of hydrogen-bond acceptors (Lipinski definition) is 3. The van der Waals surface area contributed by atoms with E-state index in [9.17, 15) is 10.1 Å². The molecule has 1 amide bonds. The summed E-state index contributed by atoms with van der Waals surface area (Å²) in [5.41, 5.74) is 1.48. The SMILES string of the molecule is CC(=O)N(CC1CN(C2(CC#N)CCCCC2)C1)C1CC1c1ccccc1. The molecule has 0 N–H and O–H groups in total. The first-order valence-corrected chi connectivity index (χ1v) is 10.6. The van der Waals surface area contributed by atoms with E-state index in [0.29, 0.717) is 24.3 Å². The Morgan fingerprint density at radius 3 is 2.56 bits per heavy atom. The number of nitriles is 1. The molecule has 3 aliphatic rings. The second-order valence-electron chi connectivity index (χ2n) is 8.88. The van der Waals surface area contributed by atoms with Gasteiger partial charge in [0.05, 0.1) is 12.5 Å². The topological polar surface area (TPSA) is 47.3 Å². The molecule has 144 valence electrons. The van der Waals surface area contributed by atoms with Gasteiger partial charge in [0.2, 0.25) is 5.91 Å². The van der Waals surface area contributed by atoms with Crippen LogP contribution in [-0.4, -0.2) is 46.9 Å². The molecule has 4 heteroatoms. The van der Waals surface area contributed by atoms with Gasteiger partial charge in [-0.15, -0.1) is 0 Å². The summed E-state index contributed by atoms with van der Waals surface area (Å²) in [5, 5.41) is 9.33. The van der Waals surface area contributed by atoms with E-state index in [1.165, 1.54) is 37.7 Å². The standard InChI is InChI=1S/C23H31N3O/c1-18(27)26(22-14-21(22)20-8-4-2-5-9-20)17-19-15-25(16-19)23(12-13-24)10-6-3-7-11-23/h2,4-5,8-9,19,21-22H,3,6-7,10-12,14-17H2,1H3. The molecular weight excluding hydrogens is 334 g/mol. The number of amides is 1.